The van der Waals surface area contributed by atoms with Crippen molar-refractivity contribution in [3.63, 3.8) is 0 Å². The second-order valence-electron chi connectivity index (χ2n) is 13.9. The molecule has 6 rings (SSSR count). The number of halogens is 3. The fourth-order valence-electron chi connectivity index (χ4n) is 6.68. The molecule has 1 aliphatic heterocycles. The molecule has 0 spiro atoms. The van der Waals surface area contributed by atoms with E-state index in [0.29, 0.717) is 39.9 Å². The van der Waals surface area contributed by atoms with E-state index in [-0.39, 0.29) is 44.7 Å². The van der Waals surface area contributed by atoms with Crippen LogP contribution in [-0.4, -0.2) is 71.4 Å². The minimum atomic E-state index is -4.58. The molecular weight excluding hydrogens is 734 g/mol. The second-order valence-corrected chi connectivity index (χ2v) is 13.9. The number of amides is 4. The zero-order valence-corrected chi connectivity index (χ0v) is 31.0. The van der Waals surface area contributed by atoms with Gasteiger partial charge >= 0.3 is 6.18 Å². The van der Waals surface area contributed by atoms with Crippen LogP contribution in [0.1, 0.15) is 43.7 Å². The maximum Gasteiger partial charge on any atom is 0.416 e. The van der Waals surface area contributed by atoms with Gasteiger partial charge in [-0.15, -0.1) is 0 Å². The Morgan fingerprint density at radius 2 is 1.25 bits per heavy atom. The number of para-hydroxylation sites is 1. The Hall–Kier alpha value is -6.56. The van der Waals surface area contributed by atoms with Crippen molar-refractivity contribution >= 4 is 35.1 Å². The number of rotatable bonds is 10. The predicted molar refractivity (Wildman–Crippen MR) is 209 cm³/mol. The standard InChI is InChI=1S/C45H41F3N4O5/c46-45(47,48)37-16-9-12-32(26-37)23-25-52-30-42(55)51(24-22-31-10-3-1-4-11-31)29-41(54)49-38-17-8-7-15-36(38)28-40(53)50-39(44(52)57)27-33-18-20-35(21-19-33)43(56)34-13-5-2-6-14-34/h1-21,26,39H,22-25,27-30H2,(H,49,54)(H,50,53)/t39-/m0/s1. The summed E-state index contributed by atoms with van der Waals surface area (Å²) >= 11 is 0. The van der Waals surface area contributed by atoms with Gasteiger partial charge in [0.25, 0.3) is 0 Å². The zero-order chi connectivity index (χ0) is 40.4. The van der Waals surface area contributed by atoms with Crippen LogP contribution in [0.3, 0.4) is 0 Å². The first-order chi connectivity index (χ1) is 27.4. The van der Waals surface area contributed by atoms with Gasteiger partial charge in [-0.1, -0.05) is 121 Å². The van der Waals surface area contributed by atoms with Crippen LogP contribution in [0.2, 0.25) is 0 Å². The van der Waals surface area contributed by atoms with Gasteiger partial charge in [-0.25, -0.2) is 0 Å². The monoisotopic (exact) mass is 774 g/mol. The lowest BCUT2D eigenvalue weighted by atomic mass is 9.98. The van der Waals surface area contributed by atoms with Crippen LogP contribution in [-0.2, 0) is 51.0 Å². The Balaban J connectivity index is 1.33. The van der Waals surface area contributed by atoms with Crippen molar-refractivity contribution in [2.24, 2.45) is 0 Å². The molecule has 5 aromatic carbocycles. The van der Waals surface area contributed by atoms with Gasteiger partial charge in [-0.3, -0.25) is 24.0 Å². The molecular formula is C45H41F3N4O5. The molecule has 0 bridgehead atoms. The molecule has 57 heavy (non-hydrogen) atoms. The zero-order valence-electron chi connectivity index (χ0n) is 31.0. The lowest BCUT2D eigenvalue weighted by Gasteiger charge is -2.31. The molecule has 4 amide bonds. The van der Waals surface area contributed by atoms with Crippen LogP contribution >= 0.6 is 0 Å². The molecule has 0 radical (unpaired) electrons. The van der Waals surface area contributed by atoms with E-state index in [1.807, 2.05) is 36.4 Å². The molecule has 9 nitrogen and oxygen atoms in total. The third-order valence-corrected chi connectivity index (χ3v) is 9.73. The lowest BCUT2D eigenvalue weighted by Crippen LogP contribution is -2.54. The van der Waals surface area contributed by atoms with Crippen molar-refractivity contribution in [1.29, 1.82) is 0 Å². The minimum Gasteiger partial charge on any atom is -0.344 e. The molecule has 0 aromatic heterocycles. The van der Waals surface area contributed by atoms with Crippen LogP contribution in [0.4, 0.5) is 18.9 Å². The van der Waals surface area contributed by atoms with E-state index >= 15 is 0 Å². The molecule has 0 saturated carbocycles. The molecule has 2 N–H and O–H groups in total. The molecule has 1 heterocycles. The topological polar surface area (TPSA) is 116 Å². The normalized spacial score (nSPS) is 15.7. The highest BCUT2D eigenvalue weighted by Gasteiger charge is 2.32. The number of alkyl halides is 3. The van der Waals surface area contributed by atoms with Crippen LogP contribution in [0.5, 0.6) is 0 Å². The molecule has 1 aliphatic rings. The summed E-state index contributed by atoms with van der Waals surface area (Å²) in [6.45, 7) is -0.876. The summed E-state index contributed by atoms with van der Waals surface area (Å²) in [6, 6.07) is 35.1. The van der Waals surface area contributed by atoms with Crippen molar-refractivity contribution in [2.75, 3.05) is 31.5 Å². The SMILES string of the molecule is O=C1CN(CCc2ccccc2)C(=O)CN(CCc2cccc(C(F)(F)F)c2)C(=O)[C@H](Cc2ccc(C(=O)c3ccccc3)cc2)NC(=O)Cc2ccccc2N1. The number of nitrogens with one attached hydrogen (secondary N) is 2. The Labute approximate surface area is 328 Å². The summed E-state index contributed by atoms with van der Waals surface area (Å²) < 4.78 is 40.8. The minimum absolute atomic E-state index is 0.0191. The molecule has 292 valence electrons. The average molecular weight is 775 g/mol. The van der Waals surface area contributed by atoms with E-state index in [4.69, 9.17) is 0 Å². The van der Waals surface area contributed by atoms with Crippen LogP contribution in [0.15, 0.2) is 133 Å². The Morgan fingerprint density at radius 3 is 1.96 bits per heavy atom. The van der Waals surface area contributed by atoms with E-state index < -0.39 is 48.0 Å². The summed E-state index contributed by atoms with van der Waals surface area (Å²) in [5.41, 5.74) is 2.78. The predicted octanol–water partition coefficient (Wildman–Crippen LogP) is 6.30. The van der Waals surface area contributed by atoms with Crippen LogP contribution in [0, 0.1) is 0 Å². The average Bonchev–Trinajstić information content (AvgIpc) is 3.21. The first-order valence-corrected chi connectivity index (χ1v) is 18.6. The van der Waals surface area contributed by atoms with Gasteiger partial charge in [0.1, 0.15) is 6.04 Å². The highest BCUT2D eigenvalue weighted by molar-refractivity contribution is 6.09. The number of carbonyl (C=O) groups excluding carboxylic acids is 5. The molecule has 0 fully saturated rings. The number of hydrogen-bond donors (Lipinski definition) is 2. The summed E-state index contributed by atoms with van der Waals surface area (Å²) in [5.74, 6) is -2.41. The van der Waals surface area contributed by atoms with Gasteiger partial charge in [0, 0.05) is 36.3 Å². The summed E-state index contributed by atoms with van der Waals surface area (Å²) in [7, 11) is 0. The summed E-state index contributed by atoms with van der Waals surface area (Å²) in [4.78, 5) is 71.6. The smallest absolute Gasteiger partial charge is 0.344 e. The summed E-state index contributed by atoms with van der Waals surface area (Å²) in [6.07, 6.45) is -4.41. The van der Waals surface area contributed by atoms with Crippen LogP contribution < -0.4 is 10.6 Å². The number of ketones is 1. The first-order valence-electron chi connectivity index (χ1n) is 18.6. The van der Waals surface area contributed by atoms with Crippen LogP contribution in [0.25, 0.3) is 0 Å². The number of nitrogens with zero attached hydrogens (tertiary/aromatic N) is 2. The van der Waals surface area contributed by atoms with Gasteiger partial charge < -0.3 is 20.4 Å². The van der Waals surface area contributed by atoms with E-state index in [2.05, 4.69) is 10.6 Å². The molecule has 0 unspecified atom stereocenters. The number of hydrogen-bond acceptors (Lipinski definition) is 5. The number of anilines is 1. The van der Waals surface area contributed by atoms with Crippen molar-refractivity contribution in [3.05, 3.63) is 172 Å². The number of benzene rings is 5. The Kier molecular flexibility index (Phi) is 12.9. The van der Waals surface area contributed by atoms with E-state index in [1.165, 1.54) is 21.9 Å². The van der Waals surface area contributed by atoms with Crippen molar-refractivity contribution in [1.82, 2.24) is 15.1 Å². The molecule has 12 heteroatoms. The maximum absolute atomic E-state index is 14.6. The van der Waals surface area contributed by atoms with E-state index in [1.54, 1.807) is 72.8 Å². The largest absolute Gasteiger partial charge is 0.416 e. The Bertz CT molecular complexity index is 2210. The van der Waals surface area contributed by atoms with E-state index in [9.17, 15) is 37.1 Å². The number of fused-ring (bicyclic) bond motifs is 1. The van der Waals surface area contributed by atoms with Gasteiger partial charge in [0.05, 0.1) is 25.1 Å². The second kappa shape index (κ2) is 18.4. The van der Waals surface area contributed by atoms with E-state index in [0.717, 1.165) is 17.7 Å². The third-order valence-electron chi connectivity index (χ3n) is 9.73. The highest BCUT2D eigenvalue weighted by atomic mass is 19.4. The number of carbonyl (C=O) groups is 5. The summed E-state index contributed by atoms with van der Waals surface area (Å²) in [5, 5.41) is 5.66. The van der Waals surface area contributed by atoms with Crippen molar-refractivity contribution in [2.45, 2.75) is 37.9 Å². The maximum atomic E-state index is 14.6. The van der Waals surface area contributed by atoms with Crippen molar-refractivity contribution < 1.29 is 37.1 Å². The lowest BCUT2D eigenvalue weighted by molar-refractivity contribution is -0.143. The fraction of sp³-hybridized carbons (Fsp3) is 0.222. The van der Waals surface area contributed by atoms with Gasteiger partial charge in [0.15, 0.2) is 5.78 Å². The third kappa shape index (κ3) is 11.0. The van der Waals surface area contributed by atoms with Gasteiger partial charge in [-0.2, -0.15) is 13.2 Å². The molecule has 0 aliphatic carbocycles. The molecule has 0 saturated heterocycles. The van der Waals surface area contributed by atoms with Gasteiger partial charge in [-0.05, 0) is 47.2 Å². The quantitative estimate of drug-likeness (QED) is 0.162. The highest BCUT2D eigenvalue weighted by Crippen LogP contribution is 2.29. The Morgan fingerprint density at radius 1 is 0.632 bits per heavy atom. The first kappa shape index (κ1) is 40.1. The molecule has 5 aromatic rings. The fourth-order valence-corrected chi connectivity index (χ4v) is 6.68. The molecule has 1 atom stereocenters. The van der Waals surface area contributed by atoms with Crippen molar-refractivity contribution in [3.8, 4) is 0 Å². The van der Waals surface area contributed by atoms with Gasteiger partial charge in [0.2, 0.25) is 23.6 Å².